The highest BCUT2D eigenvalue weighted by atomic mass is 19.4. The standard InChI is InChI=1S/C26H31F3N4O2/c1-4-22(32-24(35-3)23-6-5-15-33(23)25(30)31)19-12-11-18(21(16-19)26(27,28)29)10-7-17-8-13-20(34-2)14-9-17/h4,8-9,11-14,16,23H,5-7,10,15H2,1-3H3,(H3,30,31)/b22-4-,32-24-. The molecule has 1 heterocycles. The van der Waals surface area contributed by atoms with Crippen LogP contribution in [0.2, 0.25) is 0 Å². The maximum absolute atomic E-state index is 14.0. The van der Waals surface area contributed by atoms with Crippen LogP contribution < -0.4 is 10.5 Å². The second-order valence-electron chi connectivity index (χ2n) is 8.28. The Hall–Kier alpha value is -3.49. The molecular formula is C26H31F3N4O2. The van der Waals surface area contributed by atoms with Crippen molar-refractivity contribution in [2.75, 3.05) is 20.8 Å². The van der Waals surface area contributed by atoms with E-state index in [1.807, 2.05) is 12.1 Å². The van der Waals surface area contributed by atoms with Gasteiger partial charge in [-0.2, -0.15) is 13.2 Å². The number of hydrogen-bond donors (Lipinski definition) is 2. The van der Waals surface area contributed by atoms with E-state index < -0.39 is 11.7 Å². The lowest BCUT2D eigenvalue weighted by Gasteiger charge is -2.25. The average molecular weight is 489 g/mol. The molecule has 0 saturated carbocycles. The molecule has 0 aliphatic carbocycles. The number of nitrogens with one attached hydrogen (secondary N) is 1. The molecular weight excluding hydrogens is 457 g/mol. The maximum atomic E-state index is 14.0. The van der Waals surface area contributed by atoms with Gasteiger partial charge in [0.05, 0.1) is 25.5 Å². The molecule has 9 heteroatoms. The maximum Gasteiger partial charge on any atom is 0.416 e. The van der Waals surface area contributed by atoms with Crippen molar-refractivity contribution in [1.29, 1.82) is 5.41 Å². The van der Waals surface area contributed by atoms with Gasteiger partial charge in [0.25, 0.3) is 0 Å². The first-order chi connectivity index (χ1) is 16.7. The van der Waals surface area contributed by atoms with Crippen molar-refractivity contribution in [1.82, 2.24) is 4.90 Å². The van der Waals surface area contributed by atoms with E-state index in [1.165, 1.54) is 13.2 Å². The van der Waals surface area contributed by atoms with Crippen molar-refractivity contribution < 1.29 is 22.6 Å². The molecule has 188 valence electrons. The lowest BCUT2D eigenvalue weighted by molar-refractivity contribution is -0.138. The smallest absolute Gasteiger partial charge is 0.416 e. The number of benzene rings is 2. The van der Waals surface area contributed by atoms with E-state index >= 15 is 0 Å². The summed E-state index contributed by atoms with van der Waals surface area (Å²) in [6, 6.07) is 11.3. The van der Waals surface area contributed by atoms with E-state index in [-0.39, 0.29) is 24.0 Å². The van der Waals surface area contributed by atoms with E-state index in [2.05, 4.69) is 4.99 Å². The van der Waals surface area contributed by atoms with Gasteiger partial charge in [0, 0.05) is 12.1 Å². The van der Waals surface area contributed by atoms with E-state index in [9.17, 15) is 13.2 Å². The normalized spacial score (nSPS) is 17.0. The quantitative estimate of drug-likeness (QED) is 0.411. The molecule has 1 fully saturated rings. The van der Waals surface area contributed by atoms with Crippen LogP contribution in [0, 0.1) is 5.41 Å². The monoisotopic (exact) mass is 488 g/mol. The predicted molar refractivity (Wildman–Crippen MR) is 132 cm³/mol. The van der Waals surface area contributed by atoms with E-state index in [0.29, 0.717) is 42.3 Å². The Balaban J connectivity index is 1.89. The Morgan fingerprint density at radius 3 is 2.46 bits per heavy atom. The van der Waals surface area contributed by atoms with Crippen molar-refractivity contribution in [2.45, 2.75) is 44.8 Å². The van der Waals surface area contributed by atoms with Gasteiger partial charge in [0.2, 0.25) is 5.90 Å². The number of aliphatic imine (C=N–C) groups is 1. The highest BCUT2D eigenvalue weighted by Gasteiger charge is 2.34. The Labute approximate surface area is 203 Å². The number of methoxy groups -OCH3 is 2. The Bertz CT molecular complexity index is 1090. The molecule has 1 unspecified atom stereocenters. The molecule has 1 aliphatic rings. The van der Waals surface area contributed by atoms with Crippen LogP contribution in [0.5, 0.6) is 5.75 Å². The number of nitrogens with zero attached hydrogens (tertiary/aromatic N) is 2. The second kappa shape index (κ2) is 11.3. The van der Waals surface area contributed by atoms with Gasteiger partial charge < -0.3 is 20.1 Å². The number of allylic oxidation sites excluding steroid dienone is 1. The Morgan fingerprint density at radius 1 is 1.17 bits per heavy atom. The van der Waals surface area contributed by atoms with Gasteiger partial charge in [-0.1, -0.05) is 30.3 Å². The summed E-state index contributed by atoms with van der Waals surface area (Å²) in [5.41, 5.74) is 6.86. The number of ether oxygens (including phenoxy) is 2. The number of halogens is 3. The van der Waals surface area contributed by atoms with Crippen molar-refractivity contribution in [3.8, 4) is 5.75 Å². The highest BCUT2D eigenvalue weighted by molar-refractivity contribution is 5.91. The van der Waals surface area contributed by atoms with Crippen molar-refractivity contribution in [3.05, 3.63) is 70.8 Å². The molecule has 0 aromatic heterocycles. The van der Waals surface area contributed by atoms with Gasteiger partial charge in [0.15, 0.2) is 5.96 Å². The highest BCUT2D eigenvalue weighted by Crippen LogP contribution is 2.35. The van der Waals surface area contributed by atoms with Gasteiger partial charge in [-0.15, -0.1) is 0 Å². The molecule has 0 radical (unpaired) electrons. The Kier molecular flexibility index (Phi) is 8.43. The van der Waals surface area contributed by atoms with Crippen LogP contribution in [0.1, 0.15) is 42.0 Å². The first-order valence-corrected chi connectivity index (χ1v) is 11.4. The first-order valence-electron chi connectivity index (χ1n) is 11.4. The summed E-state index contributed by atoms with van der Waals surface area (Å²) in [4.78, 5) is 6.22. The second-order valence-corrected chi connectivity index (χ2v) is 8.28. The largest absolute Gasteiger partial charge is 0.497 e. The minimum absolute atomic E-state index is 0.0835. The van der Waals surface area contributed by atoms with Crippen LogP contribution >= 0.6 is 0 Å². The molecule has 2 aromatic rings. The van der Waals surface area contributed by atoms with Gasteiger partial charge in [0.1, 0.15) is 11.8 Å². The zero-order valence-electron chi connectivity index (χ0n) is 20.2. The van der Waals surface area contributed by atoms with Gasteiger partial charge >= 0.3 is 6.18 Å². The topological polar surface area (TPSA) is 83.9 Å². The molecule has 0 spiro atoms. The average Bonchev–Trinajstić information content (AvgIpc) is 3.33. The first kappa shape index (κ1) is 26.1. The summed E-state index contributed by atoms with van der Waals surface area (Å²) in [6.07, 6.45) is -0.625. The zero-order chi connectivity index (χ0) is 25.6. The molecule has 1 saturated heterocycles. The third-order valence-corrected chi connectivity index (χ3v) is 6.11. The minimum Gasteiger partial charge on any atom is -0.497 e. The molecule has 0 bridgehead atoms. The molecule has 0 amide bonds. The molecule has 2 aromatic carbocycles. The third-order valence-electron chi connectivity index (χ3n) is 6.11. The minimum atomic E-state index is -4.51. The number of nitrogens with two attached hydrogens (primary N) is 1. The van der Waals surface area contributed by atoms with Gasteiger partial charge in [-0.3, -0.25) is 5.41 Å². The Morgan fingerprint density at radius 2 is 1.89 bits per heavy atom. The summed E-state index contributed by atoms with van der Waals surface area (Å²) in [5, 5.41) is 7.77. The number of aryl methyl sites for hydroxylation is 2. The van der Waals surface area contributed by atoms with Crippen molar-refractivity contribution in [3.63, 3.8) is 0 Å². The molecule has 1 atom stereocenters. The SMILES string of the molecule is C/C=C(\N=C(/OC)C1CCCN1C(=N)N)c1ccc(CCc2ccc(OC)cc2)c(C(F)(F)F)c1. The fraction of sp³-hybridized carbons (Fsp3) is 0.385. The van der Waals surface area contributed by atoms with E-state index in [0.717, 1.165) is 18.1 Å². The lowest BCUT2D eigenvalue weighted by atomic mass is 9.96. The van der Waals surface area contributed by atoms with Gasteiger partial charge in [-0.25, -0.2) is 4.99 Å². The van der Waals surface area contributed by atoms with Gasteiger partial charge in [-0.05, 0) is 61.9 Å². The summed E-state index contributed by atoms with van der Waals surface area (Å²) in [7, 11) is 3.03. The number of hydrogen-bond acceptors (Lipinski definition) is 4. The third kappa shape index (κ3) is 6.35. The fourth-order valence-electron chi connectivity index (χ4n) is 4.27. The molecule has 35 heavy (non-hydrogen) atoms. The van der Waals surface area contributed by atoms with Crippen LogP contribution in [0.25, 0.3) is 5.70 Å². The number of alkyl halides is 3. The number of rotatable bonds is 7. The van der Waals surface area contributed by atoms with Crippen LogP contribution in [-0.2, 0) is 23.8 Å². The fourth-order valence-corrected chi connectivity index (χ4v) is 4.27. The number of guanidine groups is 1. The van der Waals surface area contributed by atoms with Crippen LogP contribution in [0.4, 0.5) is 13.2 Å². The van der Waals surface area contributed by atoms with E-state index in [4.69, 9.17) is 20.6 Å². The summed E-state index contributed by atoms with van der Waals surface area (Å²) < 4.78 is 52.6. The summed E-state index contributed by atoms with van der Waals surface area (Å²) >= 11 is 0. The lowest BCUT2D eigenvalue weighted by Crippen LogP contribution is -2.44. The summed E-state index contributed by atoms with van der Waals surface area (Å²) in [6.45, 7) is 2.32. The summed E-state index contributed by atoms with van der Waals surface area (Å²) in [5.74, 6) is 0.941. The van der Waals surface area contributed by atoms with Crippen LogP contribution in [-0.4, -0.2) is 43.6 Å². The number of likely N-dealkylation sites (tertiary alicyclic amines) is 1. The van der Waals surface area contributed by atoms with E-state index in [1.54, 1.807) is 43.2 Å². The van der Waals surface area contributed by atoms with Crippen LogP contribution in [0.15, 0.2) is 53.5 Å². The van der Waals surface area contributed by atoms with Crippen molar-refractivity contribution >= 4 is 17.6 Å². The zero-order valence-corrected chi connectivity index (χ0v) is 20.2. The predicted octanol–water partition coefficient (Wildman–Crippen LogP) is 5.26. The molecule has 6 nitrogen and oxygen atoms in total. The molecule has 1 aliphatic heterocycles. The van der Waals surface area contributed by atoms with Crippen molar-refractivity contribution in [2.24, 2.45) is 10.7 Å². The van der Waals surface area contributed by atoms with Crippen LogP contribution in [0.3, 0.4) is 0 Å². The molecule has 3 rings (SSSR count). The molecule has 3 N–H and O–H groups in total.